The second kappa shape index (κ2) is 34.7. The first kappa shape index (κ1) is 42.4. The van der Waals surface area contributed by atoms with E-state index in [1.54, 1.807) is 0 Å². The molecule has 0 aromatic heterocycles. The van der Waals surface area contributed by atoms with Crippen molar-refractivity contribution in [1.29, 1.82) is 0 Å². The summed E-state index contributed by atoms with van der Waals surface area (Å²) in [6.45, 7) is 9.46. The topological polar surface area (TPSA) is 6.48 Å². The zero-order chi connectivity index (χ0) is 32.3. The second-order valence-electron chi connectivity index (χ2n) is 15.0. The van der Waals surface area contributed by atoms with Crippen molar-refractivity contribution < 1.29 is 0 Å². The SMILES string of the molecule is CCCCCCCCCCCCCCCCCCC1N(CCCC)C=CN1CCCCCCCCCCCCCCCCCC. The molecule has 0 amide bonds. The molecular weight excluding hydrogens is 544 g/mol. The number of hydrogen-bond acceptors (Lipinski definition) is 2. The molecule has 1 heterocycles. The Hall–Kier alpha value is -0.660. The van der Waals surface area contributed by atoms with Gasteiger partial charge in [0.25, 0.3) is 0 Å². The largest absolute Gasteiger partial charge is 0.356 e. The van der Waals surface area contributed by atoms with E-state index in [9.17, 15) is 0 Å². The standard InChI is InChI=1S/C43H86N2/c1-4-7-10-12-14-16-18-20-22-24-26-28-30-32-34-36-38-43-44(39-9-6-3)41-42-45(43)40-37-35-33-31-29-27-25-23-21-19-17-15-13-11-8-5-2/h41-43H,4-40H2,1-3H3. The fourth-order valence-corrected chi connectivity index (χ4v) is 7.40. The Labute approximate surface area is 286 Å². The van der Waals surface area contributed by atoms with Gasteiger partial charge in [0.15, 0.2) is 0 Å². The minimum absolute atomic E-state index is 0.638. The number of hydrogen-bond donors (Lipinski definition) is 0. The van der Waals surface area contributed by atoms with Crippen molar-refractivity contribution >= 4 is 0 Å². The highest BCUT2D eigenvalue weighted by molar-refractivity contribution is 4.96. The first-order chi connectivity index (χ1) is 22.3. The number of rotatable bonds is 37. The summed E-state index contributed by atoms with van der Waals surface area (Å²) in [5.74, 6) is 0. The van der Waals surface area contributed by atoms with E-state index in [0.717, 1.165) is 0 Å². The Balaban J connectivity index is 1.99. The maximum absolute atomic E-state index is 2.70. The van der Waals surface area contributed by atoms with Crippen molar-refractivity contribution in [2.24, 2.45) is 0 Å². The molecule has 45 heavy (non-hydrogen) atoms. The molecule has 0 saturated carbocycles. The van der Waals surface area contributed by atoms with Crippen LogP contribution >= 0.6 is 0 Å². The second-order valence-corrected chi connectivity index (χ2v) is 15.0. The van der Waals surface area contributed by atoms with Gasteiger partial charge in [0.1, 0.15) is 6.17 Å². The lowest BCUT2D eigenvalue weighted by Gasteiger charge is -2.33. The molecule has 1 rings (SSSR count). The molecule has 0 aliphatic carbocycles. The van der Waals surface area contributed by atoms with Crippen molar-refractivity contribution in [2.75, 3.05) is 13.1 Å². The van der Waals surface area contributed by atoms with Crippen LogP contribution in [0, 0.1) is 0 Å². The summed E-state index contributed by atoms with van der Waals surface area (Å²) in [5.41, 5.74) is 0. The third-order valence-corrected chi connectivity index (χ3v) is 10.6. The van der Waals surface area contributed by atoms with E-state index in [2.05, 4.69) is 43.0 Å². The molecule has 0 spiro atoms. The molecule has 1 aliphatic heterocycles. The van der Waals surface area contributed by atoms with Gasteiger partial charge in [-0.15, -0.1) is 0 Å². The van der Waals surface area contributed by atoms with Gasteiger partial charge in [0.05, 0.1) is 0 Å². The molecular formula is C43H86N2. The summed E-state index contributed by atoms with van der Waals surface area (Å²) in [5, 5.41) is 0. The van der Waals surface area contributed by atoms with Crippen molar-refractivity contribution in [1.82, 2.24) is 9.80 Å². The van der Waals surface area contributed by atoms with Crippen LogP contribution < -0.4 is 0 Å². The molecule has 0 radical (unpaired) electrons. The Bertz CT molecular complexity index is 586. The van der Waals surface area contributed by atoms with E-state index in [1.165, 1.54) is 238 Å². The predicted octanol–water partition coefficient (Wildman–Crippen LogP) is 15.1. The first-order valence-electron chi connectivity index (χ1n) is 21.5. The molecule has 1 aliphatic rings. The molecule has 0 fully saturated rings. The van der Waals surface area contributed by atoms with E-state index in [-0.39, 0.29) is 0 Å². The van der Waals surface area contributed by atoms with Gasteiger partial charge >= 0.3 is 0 Å². The molecule has 1 unspecified atom stereocenters. The van der Waals surface area contributed by atoms with Gasteiger partial charge in [0, 0.05) is 25.5 Å². The summed E-state index contributed by atoms with van der Waals surface area (Å²) in [6.07, 6.45) is 56.0. The van der Waals surface area contributed by atoms with Crippen LogP contribution in [0.4, 0.5) is 0 Å². The number of nitrogens with zero attached hydrogens (tertiary/aromatic N) is 2. The van der Waals surface area contributed by atoms with Crippen molar-refractivity contribution in [3.05, 3.63) is 12.4 Å². The highest BCUT2D eigenvalue weighted by atomic mass is 15.4. The van der Waals surface area contributed by atoms with E-state index in [0.29, 0.717) is 6.17 Å². The summed E-state index contributed by atoms with van der Waals surface area (Å²) in [6, 6.07) is 0. The van der Waals surface area contributed by atoms with Gasteiger partial charge < -0.3 is 9.80 Å². The predicted molar refractivity (Wildman–Crippen MR) is 205 cm³/mol. The van der Waals surface area contributed by atoms with Gasteiger partial charge in [-0.05, 0) is 25.7 Å². The van der Waals surface area contributed by atoms with Gasteiger partial charge in [0.2, 0.25) is 0 Å². The van der Waals surface area contributed by atoms with Crippen LogP contribution in [0.15, 0.2) is 12.4 Å². The maximum Gasteiger partial charge on any atom is 0.101 e. The van der Waals surface area contributed by atoms with Crippen LogP contribution in [0.1, 0.15) is 245 Å². The Morgan fingerprint density at radius 1 is 0.289 bits per heavy atom. The fourth-order valence-electron chi connectivity index (χ4n) is 7.40. The van der Waals surface area contributed by atoms with Gasteiger partial charge in [-0.25, -0.2) is 0 Å². The van der Waals surface area contributed by atoms with E-state index in [1.807, 2.05) is 0 Å². The lowest BCUT2D eigenvalue weighted by Crippen LogP contribution is -2.39. The van der Waals surface area contributed by atoms with Crippen LogP contribution in [-0.2, 0) is 0 Å². The molecule has 2 heteroatoms. The van der Waals surface area contributed by atoms with Crippen LogP contribution in [0.25, 0.3) is 0 Å². The number of unbranched alkanes of at least 4 members (excludes halogenated alkanes) is 31. The summed E-state index contributed by atoms with van der Waals surface area (Å²) in [4.78, 5) is 5.37. The summed E-state index contributed by atoms with van der Waals surface area (Å²) in [7, 11) is 0. The maximum atomic E-state index is 2.70. The Kier molecular flexibility index (Phi) is 32.6. The van der Waals surface area contributed by atoms with Crippen molar-refractivity contribution in [2.45, 2.75) is 252 Å². The average molecular weight is 631 g/mol. The van der Waals surface area contributed by atoms with Crippen LogP contribution in [-0.4, -0.2) is 29.1 Å². The summed E-state index contributed by atoms with van der Waals surface area (Å²) >= 11 is 0. The van der Waals surface area contributed by atoms with E-state index < -0.39 is 0 Å². The Morgan fingerprint density at radius 2 is 0.533 bits per heavy atom. The highest BCUT2D eigenvalue weighted by Gasteiger charge is 2.24. The minimum Gasteiger partial charge on any atom is -0.356 e. The molecule has 0 N–H and O–H groups in total. The molecule has 0 aromatic rings. The minimum atomic E-state index is 0.638. The van der Waals surface area contributed by atoms with Crippen molar-refractivity contribution in [3.8, 4) is 0 Å². The summed E-state index contributed by atoms with van der Waals surface area (Å²) < 4.78 is 0. The molecule has 1 atom stereocenters. The molecule has 0 aromatic carbocycles. The zero-order valence-electron chi connectivity index (χ0n) is 31.8. The fraction of sp³-hybridized carbons (Fsp3) is 0.953. The van der Waals surface area contributed by atoms with Crippen molar-refractivity contribution in [3.63, 3.8) is 0 Å². The van der Waals surface area contributed by atoms with Crippen LogP contribution in [0.2, 0.25) is 0 Å². The molecule has 0 bridgehead atoms. The van der Waals surface area contributed by atoms with Crippen LogP contribution in [0.3, 0.4) is 0 Å². The lowest BCUT2D eigenvalue weighted by molar-refractivity contribution is 0.136. The third kappa shape index (κ3) is 27.0. The lowest BCUT2D eigenvalue weighted by atomic mass is 10.0. The first-order valence-corrected chi connectivity index (χ1v) is 21.5. The monoisotopic (exact) mass is 631 g/mol. The molecule has 0 saturated heterocycles. The normalized spacial score (nSPS) is 14.8. The molecule has 268 valence electrons. The van der Waals surface area contributed by atoms with Gasteiger partial charge in [-0.3, -0.25) is 0 Å². The van der Waals surface area contributed by atoms with Gasteiger partial charge in [-0.2, -0.15) is 0 Å². The van der Waals surface area contributed by atoms with Crippen LogP contribution in [0.5, 0.6) is 0 Å². The zero-order valence-corrected chi connectivity index (χ0v) is 31.8. The van der Waals surface area contributed by atoms with Gasteiger partial charge in [-0.1, -0.05) is 220 Å². The molecule has 2 nitrogen and oxygen atoms in total. The third-order valence-electron chi connectivity index (χ3n) is 10.6. The highest BCUT2D eigenvalue weighted by Crippen LogP contribution is 2.24. The average Bonchev–Trinajstić information content (AvgIpc) is 3.44. The van der Waals surface area contributed by atoms with E-state index in [4.69, 9.17) is 0 Å². The Morgan fingerprint density at radius 3 is 0.844 bits per heavy atom. The smallest absolute Gasteiger partial charge is 0.101 e. The van der Waals surface area contributed by atoms with E-state index >= 15 is 0 Å². The quantitative estimate of drug-likeness (QED) is 0.0630.